The highest BCUT2D eigenvalue weighted by Crippen LogP contribution is 2.33. The molecule has 0 unspecified atom stereocenters. The Hall–Kier alpha value is -1.51. The summed E-state index contributed by atoms with van der Waals surface area (Å²) in [5.74, 6) is 0.947. The molecule has 2 nitrogen and oxygen atoms in total. The molecule has 18 heavy (non-hydrogen) atoms. The topological polar surface area (TPSA) is 35.2 Å². The van der Waals surface area contributed by atoms with Crippen molar-refractivity contribution in [1.82, 2.24) is 0 Å². The maximum absolute atomic E-state index is 6.01. The highest BCUT2D eigenvalue weighted by Gasteiger charge is 2.21. The van der Waals surface area contributed by atoms with Crippen LogP contribution in [0, 0.1) is 0 Å². The first-order valence-electron chi connectivity index (χ1n) is 6.02. The van der Waals surface area contributed by atoms with Crippen molar-refractivity contribution in [3.63, 3.8) is 0 Å². The molecule has 1 aliphatic heterocycles. The minimum atomic E-state index is 0.120. The maximum atomic E-state index is 6.01. The lowest BCUT2D eigenvalue weighted by Gasteiger charge is -2.07. The molecule has 2 aromatic rings. The zero-order valence-corrected chi connectivity index (χ0v) is 10.7. The van der Waals surface area contributed by atoms with Crippen LogP contribution in [0.4, 0.5) is 0 Å². The average Bonchev–Trinajstić information content (AvgIpc) is 2.80. The van der Waals surface area contributed by atoms with Crippen molar-refractivity contribution in [3.8, 4) is 16.9 Å². The second-order valence-corrected chi connectivity index (χ2v) is 4.95. The number of hydrogen-bond donors (Lipinski definition) is 1. The summed E-state index contributed by atoms with van der Waals surface area (Å²) in [7, 11) is 0. The molecule has 1 aliphatic rings. The number of fused-ring (bicyclic) bond motifs is 1. The van der Waals surface area contributed by atoms with E-state index in [-0.39, 0.29) is 6.10 Å². The van der Waals surface area contributed by atoms with Gasteiger partial charge in [-0.3, -0.25) is 0 Å². The van der Waals surface area contributed by atoms with Crippen LogP contribution in [0.25, 0.3) is 11.1 Å². The van der Waals surface area contributed by atoms with Gasteiger partial charge in [-0.25, -0.2) is 0 Å². The molecule has 0 amide bonds. The monoisotopic (exact) mass is 259 g/mol. The van der Waals surface area contributed by atoms with Crippen LogP contribution in [0.1, 0.15) is 5.56 Å². The van der Waals surface area contributed by atoms with Crippen LogP contribution in [-0.4, -0.2) is 12.6 Å². The van der Waals surface area contributed by atoms with Crippen molar-refractivity contribution < 1.29 is 4.74 Å². The van der Waals surface area contributed by atoms with Crippen molar-refractivity contribution in [1.29, 1.82) is 0 Å². The quantitative estimate of drug-likeness (QED) is 0.898. The number of nitrogens with two attached hydrogens (primary N) is 1. The Bertz CT molecular complexity index is 582. The van der Waals surface area contributed by atoms with Crippen molar-refractivity contribution in [2.45, 2.75) is 12.5 Å². The lowest BCUT2D eigenvalue weighted by molar-refractivity contribution is 0.241. The summed E-state index contributed by atoms with van der Waals surface area (Å²) in [5, 5.41) is 0.744. The largest absolute Gasteiger partial charge is 0.488 e. The number of ether oxygens (including phenoxy) is 1. The Morgan fingerprint density at radius 3 is 2.78 bits per heavy atom. The van der Waals surface area contributed by atoms with Gasteiger partial charge in [0.15, 0.2) is 0 Å². The molecule has 0 aliphatic carbocycles. The fourth-order valence-corrected chi connectivity index (χ4v) is 2.47. The first kappa shape index (κ1) is 11.6. The van der Waals surface area contributed by atoms with Gasteiger partial charge in [0.1, 0.15) is 11.9 Å². The van der Waals surface area contributed by atoms with Crippen molar-refractivity contribution in [3.05, 3.63) is 53.1 Å². The molecule has 0 aromatic heterocycles. The van der Waals surface area contributed by atoms with E-state index in [9.17, 15) is 0 Å². The van der Waals surface area contributed by atoms with Crippen LogP contribution >= 0.6 is 11.6 Å². The number of rotatable bonds is 2. The van der Waals surface area contributed by atoms with Crippen LogP contribution in [0.5, 0.6) is 5.75 Å². The zero-order valence-electron chi connectivity index (χ0n) is 9.90. The molecular formula is C15H14ClNO. The first-order valence-corrected chi connectivity index (χ1v) is 6.39. The van der Waals surface area contributed by atoms with Gasteiger partial charge >= 0.3 is 0 Å². The number of benzene rings is 2. The van der Waals surface area contributed by atoms with Gasteiger partial charge in [0.2, 0.25) is 0 Å². The van der Waals surface area contributed by atoms with E-state index in [4.69, 9.17) is 22.1 Å². The number of hydrogen-bond acceptors (Lipinski definition) is 2. The van der Waals surface area contributed by atoms with Gasteiger partial charge in [-0.05, 0) is 34.9 Å². The second-order valence-electron chi connectivity index (χ2n) is 4.51. The van der Waals surface area contributed by atoms with Gasteiger partial charge in [0.25, 0.3) is 0 Å². The summed E-state index contributed by atoms with van der Waals surface area (Å²) in [6.45, 7) is 0.557. The molecular weight excluding hydrogens is 246 g/mol. The summed E-state index contributed by atoms with van der Waals surface area (Å²) in [6.07, 6.45) is 1.02. The summed E-state index contributed by atoms with van der Waals surface area (Å²) < 4.78 is 5.79. The van der Waals surface area contributed by atoms with E-state index in [1.165, 1.54) is 5.56 Å². The molecule has 1 heterocycles. The first-order chi connectivity index (χ1) is 8.76. The van der Waals surface area contributed by atoms with Crippen molar-refractivity contribution >= 4 is 11.6 Å². The molecule has 0 saturated heterocycles. The van der Waals surface area contributed by atoms with Gasteiger partial charge in [0.05, 0.1) is 0 Å². The normalized spacial score (nSPS) is 17.3. The minimum absolute atomic E-state index is 0.120. The van der Waals surface area contributed by atoms with E-state index in [0.29, 0.717) is 6.54 Å². The Morgan fingerprint density at radius 2 is 2.00 bits per heavy atom. The van der Waals surface area contributed by atoms with E-state index in [1.54, 1.807) is 0 Å². The summed E-state index contributed by atoms with van der Waals surface area (Å²) in [4.78, 5) is 0. The molecule has 92 valence electrons. The van der Waals surface area contributed by atoms with E-state index in [0.717, 1.165) is 28.3 Å². The van der Waals surface area contributed by atoms with Crippen LogP contribution in [-0.2, 0) is 6.42 Å². The highest BCUT2D eigenvalue weighted by atomic mass is 35.5. The molecule has 2 N–H and O–H groups in total. The standard InChI is InChI=1S/C15H14ClNO/c16-13-3-1-2-10(6-13)11-4-5-12-7-14(9-17)18-15(12)8-11/h1-6,8,14H,7,9,17H2/t14-/m1/s1. The SMILES string of the molecule is NC[C@H]1Cc2ccc(-c3cccc(Cl)c3)cc2O1. The van der Waals surface area contributed by atoms with Gasteiger partial charge in [0, 0.05) is 18.0 Å². The molecule has 0 bridgehead atoms. The fraction of sp³-hybridized carbons (Fsp3) is 0.200. The van der Waals surface area contributed by atoms with Crippen LogP contribution < -0.4 is 10.5 Å². The average molecular weight is 260 g/mol. The van der Waals surface area contributed by atoms with E-state index in [2.05, 4.69) is 18.2 Å². The van der Waals surface area contributed by atoms with E-state index >= 15 is 0 Å². The Labute approximate surface area is 111 Å². The smallest absolute Gasteiger partial charge is 0.123 e. The van der Waals surface area contributed by atoms with E-state index in [1.807, 2.05) is 24.3 Å². The zero-order chi connectivity index (χ0) is 12.5. The predicted octanol–water partition coefficient (Wildman–Crippen LogP) is 3.27. The minimum Gasteiger partial charge on any atom is -0.488 e. The van der Waals surface area contributed by atoms with Crippen LogP contribution in [0.3, 0.4) is 0 Å². The Morgan fingerprint density at radius 1 is 1.17 bits per heavy atom. The third-order valence-corrected chi connectivity index (χ3v) is 3.46. The molecule has 0 fully saturated rings. The highest BCUT2D eigenvalue weighted by molar-refractivity contribution is 6.30. The third kappa shape index (κ3) is 2.09. The van der Waals surface area contributed by atoms with Gasteiger partial charge < -0.3 is 10.5 Å². The third-order valence-electron chi connectivity index (χ3n) is 3.23. The van der Waals surface area contributed by atoms with Gasteiger partial charge in [-0.2, -0.15) is 0 Å². The van der Waals surface area contributed by atoms with Crippen molar-refractivity contribution in [2.75, 3.05) is 6.54 Å². The maximum Gasteiger partial charge on any atom is 0.123 e. The van der Waals surface area contributed by atoms with Gasteiger partial charge in [-0.15, -0.1) is 0 Å². The number of halogens is 1. The Kier molecular flexibility index (Phi) is 2.98. The molecule has 3 heteroatoms. The summed E-state index contributed by atoms with van der Waals surface area (Å²) in [6, 6.07) is 14.1. The van der Waals surface area contributed by atoms with Crippen LogP contribution in [0.2, 0.25) is 5.02 Å². The fourth-order valence-electron chi connectivity index (χ4n) is 2.28. The van der Waals surface area contributed by atoms with Gasteiger partial charge in [-0.1, -0.05) is 35.9 Å². The molecule has 1 atom stereocenters. The molecule has 0 saturated carbocycles. The predicted molar refractivity (Wildman–Crippen MR) is 74.1 cm³/mol. The van der Waals surface area contributed by atoms with Crippen molar-refractivity contribution in [2.24, 2.45) is 5.73 Å². The summed E-state index contributed by atoms with van der Waals surface area (Å²) in [5.41, 5.74) is 9.09. The Balaban J connectivity index is 1.97. The molecule has 0 radical (unpaired) electrons. The lowest BCUT2D eigenvalue weighted by atomic mass is 10.0. The molecule has 3 rings (SSSR count). The second kappa shape index (κ2) is 4.63. The molecule has 2 aromatic carbocycles. The lowest BCUT2D eigenvalue weighted by Crippen LogP contribution is -2.24. The molecule has 0 spiro atoms. The van der Waals surface area contributed by atoms with E-state index < -0.39 is 0 Å². The summed E-state index contributed by atoms with van der Waals surface area (Å²) >= 11 is 6.01. The van der Waals surface area contributed by atoms with Crippen LogP contribution in [0.15, 0.2) is 42.5 Å².